The second kappa shape index (κ2) is 9.41. The van der Waals surface area contributed by atoms with Gasteiger partial charge in [0.2, 0.25) is 10.0 Å². The van der Waals surface area contributed by atoms with Crippen molar-refractivity contribution >= 4 is 38.6 Å². The summed E-state index contributed by atoms with van der Waals surface area (Å²) in [5, 5.41) is 11.2. The van der Waals surface area contributed by atoms with Gasteiger partial charge in [0, 0.05) is 18.1 Å². The molecular formula is C20H22ClN5O5S. The molecule has 1 saturated heterocycles. The van der Waals surface area contributed by atoms with Crippen LogP contribution >= 0.6 is 11.6 Å². The fraction of sp³-hybridized carbons (Fsp3) is 0.350. The molecule has 10 nitrogen and oxygen atoms in total. The number of hydrogen-bond acceptors (Lipinski definition) is 7. The maximum Gasteiger partial charge on any atom is 0.261 e. The van der Waals surface area contributed by atoms with Crippen LogP contribution in [0.25, 0.3) is 11.0 Å². The number of hydrogen-bond donors (Lipinski definition) is 1. The van der Waals surface area contributed by atoms with Crippen LogP contribution in [0.4, 0.5) is 0 Å². The number of morpholine rings is 1. The quantitative estimate of drug-likeness (QED) is 0.544. The number of nitrogens with zero attached hydrogens (tertiary/aromatic N) is 4. The second-order valence-corrected chi connectivity index (χ2v) is 9.62. The van der Waals surface area contributed by atoms with E-state index in [9.17, 15) is 13.2 Å². The van der Waals surface area contributed by atoms with Crippen molar-refractivity contribution in [2.75, 3.05) is 32.9 Å². The Hall–Kier alpha value is -2.73. The summed E-state index contributed by atoms with van der Waals surface area (Å²) in [6.07, 6.45) is 0. The Morgan fingerprint density at radius 2 is 2.03 bits per heavy atom. The van der Waals surface area contributed by atoms with E-state index in [-0.39, 0.29) is 23.5 Å². The van der Waals surface area contributed by atoms with E-state index < -0.39 is 10.0 Å². The highest BCUT2D eigenvalue weighted by atomic mass is 35.5. The lowest BCUT2D eigenvalue weighted by Gasteiger charge is -2.26. The van der Waals surface area contributed by atoms with Crippen LogP contribution in [0.5, 0.6) is 0 Å². The molecule has 0 spiro atoms. The molecule has 1 aliphatic heterocycles. The van der Waals surface area contributed by atoms with Gasteiger partial charge in [-0.1, -0.05) is 28.6 Å². The first-order valence-electron chi connectivity index (χ1n) is 9.96. The molecule has 1 aliphatic rings. The molecule has 1 atom stereocenters. The van der Waals surface area contributed by atoms with Crippen LogP contribution in [0.3, 0.4) is 0 Å². The number of aromatic nitrogens is 3. The Balaban J connectivity index is 1.45. The van der Waals surface area contributed by atoms with Crippen molar-refractivity contribution in [1.29, 1.82) is 0 Å². The van der Waals surface area contributed by atoms with E-state index in [0.29, 0.717) is 42.4 Å². The average Bonchev–Trinajstić information content (AvgIpc) is 3.20. The standard InChI is InChI=1S/C20H22ClN5O5S/c1-14(15-3-2-4-16(21)11-15)22-20(27)13-31-26-19-12-17(5-6-18(19)23-24-26)32(28,29)25-7-9-30-10-8-25/h2-6,11-12,14H,7-10,13H2,1H3,(H,22,27). The smallest absolute Gasteiger partial charge is 0.261 e. The summed E-state index contributed by atoms with van der Waals surface area (Å²) in [7, 11) is -3.69. The molecule has 1 N–H and O–H groups in total. The van der Waals surface area contributed by atoms with Gasteiger partial charge in [-0.2, -0.15) is 4.31 Å². The van der Waals surface area contributed by atoms with Gasteiger partial charge in [-0.3, -0.25) is 4.79 Å². The minimum atomic E-state index is -3.69. The third-order valence-corrected chi connectivity index (χ3v) is 7.17. The van der Waals surface area contributed by atoms with E-state index >= 15 is 0 Å². The topological polar surface area (TPSA) is 116 Å². The van der Waals surface area contributed by atoms with Crippen LogP contribution in [0.2, 0.25) is 5.02 Å². The van der Waals surface area contributed by atoms with Gasteiger partial charge in [-0.25, -0.2) is 8.42 Å². The van der Waals surface area contributed by atoms with Crippen LogP contribution in [0.15, 0.2) is 47.4 Å². The summed E-state index contributed by atoms with van der Waals surface area (Å²) in [6.45, 7) is 2.79. The molecule has 1 aromatic heterocycles. The summed E-state index contributed by atoms with van der Waals surface area (Å²) >= 11 is 6.00. The molecule has 1 unspecified atom stereocenters. The third kappa shape index (κ3) is 4.85. The molecule has 32 heavy (non-hydrogen) atoms. The van der Waals surface area contributed by atoms with E-state index in [1.54, 1.807) is 24.3 Å². The lowest BCUT2D eigenvalue weighted by atomic mass is 10.1. The van der Waals surface area contributed by atoms with Crippen LogP contribution in [0.1, 0.15) is 18.5 Å². The zero-order chi connectivity index (χ0) is 22.7. The number of amides is 1. The fourth-order valence-corrected chi connectivity index (χ4v) is 4.96. The highest BCUT2D eigenvalue weighted by Crippen LogP contribution is 2.21. The number of ether oxygens (including phenoxy) is 1. The van der Waals surface area contributed by atoms with Crippen LogP contribution in [0, 0.1) is 0 Å². The van der Waals surface area contributed by atoms with Gasteiger partial charge in [0.05, 0.1) is 24.2 Å². The van der Waals surface area contributed by atoms with E-state index in [4.69, 9.17) is 21.2 Å². The van der Waals surface area contributed by atoms with Crippen molar-refractivity contribution in [3.05, 3.63) is 53.1 Å². The minimum absolute atomic E-state index is 0.0954. The number of benzene rings is 2. The number of nitrogens with one attached hydrogen (secondary N) is 1. The lowest BCUT2D eigenvalue weighted by Crippen LogP contribution is -2.40. The zero-order valence-electron chi connectivity index (χ0n) is 17.3. The van der Waals surface area contributed by atoms with Gasteiger partial charge < -0.3 is 14.9 Å². The van der Waals surface area contributed by atoms with Gasteiger partial charge >= 0.3 is 0 Å². The van der Waals surface area contributed by atoms with E-state index in [1.807, 2.05) is 13.0 Å². The molecule has 2 heterocycles. The Morgan fingerprint density at radius 3 is 2.78 bits per heavy atom. The maximum absolute atomic E-state index is 12.9. The number of sulfonamides is 1. The molecule has 2 aromatic carbocycles. The van der Waals surface area contributed by atoms with Crippen molar-refractivity contribution in [3.8, 4) is 0 Å². The molecule has 12 heteroatoms. The summed E-state index contributed by atoms with van der Waals surface area (Å²) in [6, 6.07) is 11.4. The molecule has 0 radical (unpaired) electrons. The third-order valence-electron chi connectivity index (χ3n) is 5.04. The molecule has 1 amide bonds. The largest absolute Gasteiger partial charge is 0.385 e. The highest BCUT2D eigenvalue weighted by Gasteiger charge is 2.27. The normalized spacial score (nSPS) is 16.1. The first-order valence-corrected chi connectivity index (χ1v) is 11.8. The van der Waals surface area contributed by atoms with E-state index in [1.165, 1.54) is 16.4 Å². The number of carbonyl (C=O) groups excluding carboxylic acids is 1. The van der Waals surface area contributed by atoms with E-state index in [2.05, 4.69) is 15.6 Å². The number of rotatable bonds is 7. The van der Waals surface area contributed by atoms with E-state index in [0.717, 1.165) is 10.4 Å². The molecule has 0 aliphatic carbocycles. The summed E-state index contributed by atoms with van der Waals surface area (Å²) in [4.78, 5) is 19.0. The first kappa shape index (κ1) is 22.5. The van der Waals surface area contributed by atoms with Crippen LogP contribution in [-0.4, -0.2) is 66.7 Å². The molecular weight excluding hydrogens is 458 g/mol. The Labute approximate surface area is 190 Å². The second-order valence-electron chi connectivity index (χ2n) is 7.25. The van der Waals surface area contributed by atoms with Gasteiger partial charge in [0.25, 0.3) is 5.91 Å². The zero-order valence-corrected chi connectivity index (χ0v) is 18.8. The SMILES string of the molecule is CC(NC(=O)COn1nnc2ccc(S(=O)(=O)N3CCOCC3)cc21)c1cccc(Cl)c1. The van der Waals surface area contributed by atoms with Crippen molar-refractivity contribution in [2.45, 2.75) is 17.9 Å². The average molecular weight is 480 g/mol. The van der Waals surface area contributed by atoms with Crippen molar-refractivity contribution in [2.24, 2.45) is 0 Å². The summed E-state index contributed by atoms with van der Waals surface area (Å²) in [5.74, 6) is -0.377. The van der Waals surface area contributed by atoms with Crippen LogP contribution in [-0.2, 0) is 19.6 Å². The molecule has 170 valence electrons. The molecule has 1 fully saturated rings. The molecule has 0 bridgehead atoms. The van der Waals surface area contributed by atoms with Gasteiger partial charge in [0.15, 0.2) is 6.61 Å². The highest BCUT2D eigenvalue weighted by molar-refractivity contribution is 7.89. The van der Waals surface area contributed by atoms with Gasteiger partial charge in [0.1, 0.15) is 11.0 Å². The first-order chi connectivity index (χ1) is 15.3. The Kier molecular flexibility index (Phi) is 6.60. The summed E-state index contributed by atoms with van der Waals surface area (Å²) in [5.41, 5.74) is 1.64. The van der Waals surface area contributed by atoms with Gasteiger partial charge in [-0.15, -0.1) is 5.10 Å². The maximum atomic E-state index is 12.9. The molecule has 4 rings (SSSR count). The fourth-order valence-electron chi connectivity index (χ4n) is 3.33. The molecule has 0 saturated carbocycles. The Morgan fingerprint density at radius 1 is 1.25 bits per heavy atom. The lowest BCUT2D eigenvalue weighted by molar-refractivity contribution is -0.127. The Bertz CT molecular complexity index is 1230. The molecule has 3 aromatic rings. The van der Waals surface area contributed by atoms with Crippen LogP contribution < -0.4 is 10.2 Å². The van der Waals surface area contributed by atoms with Crippen molar-refractivity contribution < 1.29 is 22.8 Å². The number of fused-ring (bicyclic) bond motifs is 1. The minimum Gasteiger partial charge on any atom is -0.385 e. The predicted molar refractivity (Wildman–Crippen MR) is 117 cm³/mol. The van der Waals surface area contributed by atoms with Crippen molar-refractivity contribution in [1.82, 2.24) is 24.8 Å². The summed E-state index contributed by atoms with van der Waals surface area (Å²) < 4.78 is 32.4. The monoisotopic (exact) mass is 479 g/mol. The van der Waals surface area contributed by atoms with Crippen molar-refractivity contribution in [3.63, 3.8) is 0 Å². The number of carbonyl (C=O) groups is 1. The van der Waals surface area contributed by atoms with Gasteiger partial charge in [-0.05, 0) is 48.0 Å². The number of halogens is 1. The predicted octanol–water partition coefficient (Wildman–Crippen LogP) is 1.41.